The van der Waals surface area contributed by atoms with E-state index in [0.717, 1.165) is 22.0 Å². The van der Waals surface area contributed by atoms with Crippen molar-refractivity contribution in [3.05, 3.63) is 64.8 Å². The van der Waals surface area contributed by atoms with Crippen molar-refractivity contribution in [1.29, 1.82) is 0 Å². The highest BCUT2D eigenvalue weighted by molar-refractivity contribution is 6.40. The second-order valence-electron chi connectivity index (χ2n) is 5.73. The Labute approximate surface area is 150 Å². The van der Waals surface area contributed by atoms with Crippen LogP contribution in [0.2, 0.25) is 5.02 Å². The lowest BCUT2D eigenvalue weighted by molar-refractivity contribution is -0.136. The number of aromatic nitrogens is 1. The van der Waals surface area contributed by atoms with Gasteiger partial charge in [-0.15, -0.1) is 0 Å². The van der Waals surface area contributed by atoms with E-state index in [1.54, 1.807) is 25.1 Å². The number of amides is 2. The molecular formula is C19H18ClN3O2. The zero-order valence-corrected chi connectivity index (χ0v) is 14.5. The minimum absolute atomic E-state index is 0.378. The SMILES string of the molecule is Cc1c(Cl)cccc1NC(=O)C(=O)NCCc1c[nH]c2ccccc12. The zero-order chi connectivity index (χ0) is 17.8. The van der Waals surface area contributed by atoms with Crippen molar-refractivity contribution in [1.82, 2.24) is 10.3 Å². The standard InChI is InChI=1S/C19H18ClN3O2/c1-12-15(20)6-4-8-16(12)23-19(25)18(24)21-10-9-13-11-22-17-7-3-2-5-14(13)17/h2-8,11,22H,9-10H2,1H3,(H,21,24)(H,23,25). The minimum atomic E-state index is -0.704. The molecule has 0 saturated heterocycles. The average Bonchev–Trinajstić information content (AvgIpc) is 3.02. The molecule has 1 aromatic heterocycles. The third-order valence-corrected chi connectivity index (χ3v) is 4.49. The third-order valence-electron chi connectivity index (χ3n) is 4.08. The van der Waals surface area contributed by atoms with Crippen LogP contribution in [0.5, 0.6) is 0 Å². The second-order valence-corrected chi connectivity index (χ2v) is 6.14. The average molecular weight is 356 g/mol. The summed E-state index contributed by atoms with van der Waals surface area (Å²) in [6.45, 7) is 2.16. The quantitative estimate of drug-likeness (QED) is 0.627. The normalized spacial score (nSPS) is 10.6. The van der Waals surface area contributed by atoms with E-state index < -0.39 is 11.8 Å². The number of halogens is 1. The van der Waals surface area contributed by atoms with Gasteiger partial charge < -0.3 is 15.6 Å². The Morgan fingerprint density at radius 3 is 2.72 bits per heavy atom. The van der Waals surface area contributed by atoms with Gasteiger partial charge in [-0.2, -0.15) is 0 Å². The topological polar surface area (TPSA) is 74.0 Å². The van der Waals surface area contributed by atoms with Crippen LogP contribution in [0.4, 0.5) is 5.69 Å². The highest BCUT2D eigenvalue weighted by atomic mass is 35.5. The number of para-hydroxylation sites is 1. The van der Waals surface area contributed by atoms with E-state index in [4.69, 9.17) is 11.6 Å². The van der Waals surface area contributed by atoms with E-state index in [9.17, 15) is 9.59 Å². The third kappa shape index (κ3) is 3.83. The summed E-state index contributed by atoms with van der Waals surface area (Å²) in [6.07, 6.45) is 2.56. The molecule has 25 heavy (non-hydrogen) atoms. The number of rotatable bonds is 4. The molecule has 0 aliphatic rings. The Kier molecular flexibility index (Phi) is 5.05. The molecule has 128 valence electrons. The number of fused-ring (bicyclic) bond motifs is 1. The van der Waals surface area contributed by atoms with E-state index >= 15 is 0 Å². The summed E-state index contributed by atoms with van der Waals surface area (Å²) in [7, 11) is 0. The van der Waals surface area contributed by atoms with E-state index in [1.165, 1.54) is 0 Å². The Morgan fingerprint density at radius 2 is 1.88 bits per heavy atom. The van der Waals surface area contributed by atoms with E-state index in [0.29, 0.717) is 23.7 Å². The highest BCUT2D eigenvalue weighted by Gasteiger charge is 2.15. The molecule has 0 saturated carbocycles. The summed E-state index contributed by atoms with van der Waals surface area (Å²) in [4.78, 5) is 27.2. The van der Waals surface area contributed by atoms with Gasteiger partial charge in [-0.25, -0.2) is 0 Å². The van der Waals surface area contributed by atoms with E-state index in [2.05, 4.69) is 15.6 Å². The molecule has 1 heterocycles. The fourth-order valence-corrected chi connectivity index (χ4v) is 2.83. The molecule has 2 amide bonds. The number of benzene rings is 2. The van der Waals surface area contributed by atoms with Crippen molar-refractivity contribution >= 4 is 40.0 Å². The smallest absolute Gasteiger partial charge is 0.313 e. The summed E-state index contributed by atoms with van der Waals surface area (Å²) >= 11 is 6.01. The second kappa shape index (κ2) is 7.40. The van der Waals surface area contributed by atoms with Gasteiger partial charge >= 0.3 is 11.8 Å². The van der Waals surface area contributed by atoms with Gasteiger partial charge in [0.15, 0.2) is 0 Å². The number of hydrogen-bond acceptors (Lipinski definition) is 2. The molecule has 0 aliphatic heterocycles. The Morgan fingerprint density at radius 1 is 1.08 bits per heavy atom. The minimum Gasteiger partial charge on any atom is -0.361 e. The summed E-state index contributed by atoms with van der Waals surface area (Å²) in [5.74, 6) is -1.37. The lowest BCUT2D eigenvalue weighted by Gasteiger charge is -2.09. The van der Waals surface area contributed by atoms with Crippen molar-refractivity contribution in [3.8, 4) is 0 Å². The van der Waals surface area contributed by atoms with Crippen molar-refractivity contribution in [2.45, 2.75) is 13.3 Å². The van der Waals surface area contributed by atoms with E-state index in [1.807, 2.05) is 30.5 Å². The van der Waals surface area contributed by atoms with Gasteiger partial charge in [-0.3, -0.25) is 9.59 Å². The van der Waals surface area contributed by atoms with Gasteiger partial charge in [-0.1, -0.05) is 35.9 Å². The van der Waals surface area contributed by atoms with Crippen LogP contribution in [0.25, 0.3) is 10.9 Å². The molecular weight excluding hydrogens is 338 g/mol. The molecule has 2 aromatic carbocycles. The van der Waals surface area contributed by atoms with Gasteiger partial charge in [0.25, 0.3) is 0 Å². The molecule has 3 aromatic rings. The number of carbonyl (C=O) groups excluding carboxylic acids is 2. The maximum absolute atomic E-state index is 12.0. The van der Waals surface area contributed by atoms with Crippen LogP contribution in [0, 0.1) is 6.92 Å². The Hall–Kier alpha value is -2.79. The maximum Gasteiger partial charge on any atom is 0.313 e. The molecule has 5 nitrogen and oxygen atoms in total. The molecule has 3 N–H and O–H groups in total. The summed E-state index contributed by atoms with van der Waals surface area (Å²) < 4.78 is 0. The fourth-order valence-electron chi connectivity index (χ4n) is 2.65. The summed E-state index contributed by atoms with van der Waals surface area (Å²) in [5.41, 5.74) is 3.41. The highest BCUT2D eigenvalue weighted by Crippen LogP contribution is 2.22. The van der Waals surface area contributed by atoms with Crippen LogP contribution in [-0.4, -0.2) is 23.3 Å². The first kappa shape index (κ1) is 17.0. The molecule has 0 bridgehead atoms. The van der Waals surface area contributed by atoms with Gasteiger partial charge in [0.2, 0.25) is 0 Å². The Balaban J connectivity index is 1.55. The molecule has 0 radical (unpaired) electrons. The predicted molar refractivity (Wildman–Crippen MR) is 99.8 cm³/mol. The summed E-state index contributed by atoms with van der Waals surface area (Å²) in [5, 5.41) is 6.88. The molecule has 6 heteroatoms. The first-order chi connectivity index (χ1) is 12.1. The van der Waals surface area contributed by atoms with E-state index in [-0.39, 0.29) is 0 Å². The molecule has 3 rings (SSSR count). The van der Waals surface area contributed by atoms with Gasteiger partial charge in [0, 0.05) is 34.4 Å². The van der Waals surface area contributed by atoms with Crippen LogP contribution in [0.15, 0.2) is 48.7 Å². The number of aromatic amines is 1. The predicted octanol–water partition coefficient (Wildman–Crippen LogP) is 3.43. The van der Waals surface area contributed by atoms with Gasteiger partial charge in [0.1, 0.15) is 0 Å². The van der Waals surface area contributed by atoms with Crippen LogP contribution < -0.4 is 10.6 Å². The fraction of sp³-hybridized carbons (Fsp3) is 0.158. The van der Waals surface area contributed by atoms with Crippen molar-refractivity contribution < 1.29 is 9.59 Å². The number of hydrogen-bond donors (Lipinski definition) is 3. The summed E-state index contributed by atoms with van der Waals surface area (Å²) in [6, 6.07) is 13.1. The number of nitrogens with one attached hydrogen (secondary N) is 3. The lowest BCUT2D eigenvalue weighted by atomic mass is 10.1. The first-order valence-corrected chi connectivity index (χ1v) is 8.33. The Bertz CT molecular complexity index is 933. The van der Waals surface area contributed by atoms with Crippen molar-refractivity contribution in [2.24, 2.45) is 0 Å². The van der Waals surface area contributed by atoms with Crippen LogP contribution in [0.1, 0.15) is 11.1 Å². The maximum atomic E-state index is 12.0. The first-order valence-electron chi connectivity index (χ1n) is 7.95. The largest absolute Gasteiger partial charge is 0.361 e. The van der Waals surface area contributed by atoms with Crippen molar-refractivity contribution in [2.75, 3.05) is 11.9 Å². The van der Waals surface area contributed by atoms with Gasteiger partial charge in [-0.05, 0) is 42.7 Å². The van der Waals surface area contributed by atoms with Crippen LogP contribution in [-0.2, 0) is 16.0 Å². The number of carbonyl (C=O) groups is 2. The molecule has 0 spiro atoms. The lowest BCUT2D eigenvalue weighted by Crippen LogP contribution is -2.36. The monoisotopic (exact) mass is 355 g/mol. The molecule has 0 fully saturated rings. The zero-order valence-electron chi connectivity index (χ0n) is 13.7. The van der Waals surface area contributed by atoms with Crippen molar-refractivity contribution in [3.63, 3.8) is 0 Å². The van der Waals surface area contributed by atoms with Crippen LogP contribution >= 0.6 is 11.6 Å². The molecule has 0 atom stereocenters. The van der Waals surface area contributed by atoms with Gasteiger partial charge in [0.05, 0.1) is 0 Å². The van der Waals surface area contributed by atoms with Crippen LogP contribution in [0.3, 0.4) is 0 Å². The molecule has 0 aliphatic carbocycles. The number of H-pyrrole nitrogens is 1. The number of anilines is 1. The molecule has 0 unspecified atom stereocenters.